The van der Waals surface area contributed by atoms with Crippen LogP contribution in [0, 0.1) is 3.57 Å². The number of aromatic nitrogens is 2. The van der Waals surface area contributed by atoms with Gasteiger partial charge in [0.25, 0.3) is 0 Å². The zero-order valence-corrected chi connectivity index (χ0v) is 8.63. The quantitative estimate of drug-likeness (QED) is 0.729. The molecule has 0 radical (unpaired) electrons. The Morgan fingerprint density at radius 3 is 2.38 bits per heavy atom. The lowest BCUT2D eigenvalue weighted by Crippen LogP contribution is -2.35. The van der Waals surface area contributed by atoms with Crippen molar-refractivity contribution < 1.29 is 13.2 Å². The molecule has 0 amide bonds. The topological polar surface area (TPSA) is 17.8 Å². The molecule has 1 aliphatic carbocycles. The number of alkyl halides is 3. The highest BCUT2D eigenvalue weighted by molar-refractivity contribution is 14.1. The van der Waals surface area contributed by atoms with E-state index in [4.69, 9.17) is 0 Å². The number of nitrogens with zero attached hydrogens (tertiary/aromatic N) is 2. The normalized spacial score (nSPS) is 20.3. The molecule has 0 unspecified atom stereocenters. The summed E-state index contributed by atoms with van der Waals surface area (Å²) >= 11 is 1.95. The number of hydrogen-bond donors (Lipinski definition) is 0. The van der Waals surface area contributed by atoms with Gasteiger partial charge < -0.3 is 0 Å². The van der Waals surface area contributed by atoms with E-state index in [0.29, 0.717) is 0 Å². The predicted octanol–water partition coefficient (Wildman–Crippen LogP) is 2.54. The fraction of sp³-hybridized carbons (Fsp3) is 0.571. The second-order valence-electron chi connectivity index (χ2n) is 3.13. The molecule has 1 fully saturated rings. The van der Waals surface area contributed by atoms with E-state index in [0.717, 1.165) is 8.25 Å². The van der Waals surface area contributed by atoms with Crippen LogP contribution in [0.25, 0.3) is 0 Å². The third kappa shape index (κ3) is 1.35. The summed E-state index contributed by atoms with van der Waals surface area (Å²) < 4.78 is 39.3. The zero-order chi connectivity index (χ0) is 9.69. The Balaban J connectivity index is 2.36. The Kier molecular flexibility index (Phi) is 1.87. The minimum absolute atomic E-state index is 0.147. The van der Waals surface area contributed by atoms with Crippen LogP contribution in [-0.4, -0.2) is 16.0 Å². The Morgan fingerprint density at radius 2 is 2.08 bits per heavy atom. The summed E-state index contributed by atoms with van der Waals surface area (Å²) in [5.41, 5.74) is -1.70. The van der Waals surface area contributed by atoms with Gasteiger partial charge in [-0.25, -0.2) is 0 Å². The summed E-state index contributed by atoms with van der Waals surface area (Å²) in [7, 11) is 0. The van der Waals surface area contributed by atoms with Crippen molar-refractivity contribution in [3.8, 4) is 0 Å². The average molecular weight is 302 g/mol. The SMILES string of the molecule is FC(F)(F)C1(n2cc(I)cn2)CC1. The van der Waals surface area contributed by atoms with Gasteiger partial charge in [0.05, 0.1) is 9.77 Å². The fourth-order valence-corrected chi connectivity index (χ4v) is 1.68. The Labute approximate surface area is 86.3 Å². The lowest BCUT2D eigenvalue weighted by molar-refractivity contribution is -0.182. The van der Waals surface area contributed by atoms with Gasteiger partial charge in [0.1, 0.15) is 0 Å². The number of rotatable bonds is 1. The molecule has 2 nitrogen and oxygen atoms in total. The molecule has 0 bridgehead atoms. The van der Waals surface area contributed by atoms with Gasteiger partial charge in [-0.05, 0) is 35.4 Å². The molecular weight excluding hydrogens is 296 g/mol. The number of halogens is 4. The van der Waals surface area contributed by atoms with Crippen LogP contribution in [-0.2, 0) is 5.54 Å². The molecule has 0 saturated heterocycles. The predicted molar refractivity (Wildman–Crippen MR) is 48.2 cm³/mol. The van der Waals surface area contributed by atoms with Gasteiger partial charge in [-0.15, -0.1) is 0 Å². The van der Waals surface area contributed by atoms with E-state index in [2.05, 4.69) is 5.10 Å². The second kappa shape index (κ2) is 2.61. The molecule has 1 heterocycles. The van der Waals surface area contributed by atoms with Gasteiger partial charge in [-0.2, -0.15) is 18.3 Å². The molecule has 0 atom stereocenters. The first-order valence-electron chi connectivity index (χ1n) is 3.73. The molecule has 0 N–H and O–H groups in total. The molecule has 6 heteroatoms. The summed E-state index contributed by atoms with van der Waals surface area (Å²) in [6, 6.07) is 0. The van der Waals surface area contributed by atoms with E-state index in [-0.39, 0.29) is 12.8 Å². The first-order chi connectivity index (χ1) is 5.96. The largest absolute Gasteiger partial charge is 0.413 e. The maximum absolute atomic E-state index is 12.5. The van der Waals surface area contributed by atoms with Crippen molar-refractivity contribution in [2.24, 2.45) is 0 Å². The van der Waals surface area contributed by atoms with E-state index in [1.165, 1.54) is 12.4 Å². The zero-order valence-electron chi connectivity index (χ0n) is 6.48. The Hall–Kier alpha value is -0.270. The van der Waals surface area contributed by atoms with Gasteiger partial charge in [0.15, 0.2) is 5.54 Å². The fourth-order valence-electron chi connectivity index (χ4n) is 1.30. The summed E-state index contributed by atoms with van der Waals surface area (Å²) in [5, 5.41) is 3.71. The molecule has 13 heavy (non-hydrogen) atoms. The summed E-state index contributed by atoms with van der Waals surface area (Å²) in [6.45, 7) is 0. The van der Waals surface area contributed by atoms with Crippen LogP contribution in [0.3, 0.4) is 0 Å². The van der Waals surface area contributed by atoms with Gasteiger partial charge in [0, 0.05) is 6.20 Å². The van der Waals surface area contributed by atoms with Crippen LogP contribution in [0.4, 0.5) is 13.2 Å². The van der Waals surface area contributed by atoms with Crippen molar-refractivity contribution in [2.45, 2.75) is 24.6 Å². The third-order valence-corrected chi connectivity index (χ3v) is 2.80. The standard InChI is InChI=1S/C7H6F3IN2/c8-7(9,10)6(1-2-6)13-4-5(11)3-12-13/h3-4H,1-2H2. The van der Waals surface area contributed by atoms with Crippen molar-refractivity contribution >= 4 is 22.6 Å². The van der Waals surface area contributed by atoms with Crippen molar-refractivity contribution in [3.05, 3.63) is 16.0 Å². The van der Waals surface area contributed by atoms with Gasteiger partial charge in [-0.3, -0.25) is 4.68 Å². The van der Waals surface area contributed by atoms with Crippen LogP contribution in [0.5, 0.6) is 0 Å². The molecular formula is C7H6F3IN2. The van der Waals surface area contributed by atoms with E-state index in [9.17, 15) is 13.2 Å². The van der Waals surface area contributed by atoms with Gasteiger partial charge in [0.2, 0.25) is 0 Å². The molecule has 1 aliphatic rings. The highest BCUT2D eigenvalue weighted by Gasteiger charge is 2.65. The summed E-state index contributed by atoms with van der Waals surface area (Å²) in [6.07, 6.45) is -1.02. The minimum atomic E-state index is -4.18. The van der Waals surface area contributed by atoms with Crippen LogP contribution in [0.2, 0.25) is 0 Å². The molecule has 0 spiro atoms. The second-order valence-corrected chi connectivity index (χ2v) is 4.38. The van der Waals surface area contributed by atoms with Gasteiger partial charge >= 0.3 is 6.18 Å². The maximum atomic E-state index is 12.5. The lowest BCUT2D eigenvalue weighted by Gasteiger charge is -2.19. The van der Waals surface area contributed by atoms with Crippen LogP contribution in [0.1, 0.15) is 12.8 Å². The first-order valence-corrected chi connectivity index (χ1v) is 4.81. The van der Waals surface area contributed by atoms with E-state index in [1.54, 1.807) is 0 Å². The van der Waals surface area contributed by atoms with Crippen molar-refractivity contribution in [2.75, 3.05) is 0 Å². The molecule has 1 aromatic rings. The highest BCUT2D eigenvalue weighted by atomic mass is 127. The van der Waals surface area contributed by atoms with Crippen molar-refractivity contribution in [1.29, 1.82) is 0 Å². The van der Waals surface area contributed by atoms with Crippen LogP contribution >= 0.6 is 22.6 Å². The molecule has 0 aliphatic heterocycles. The van der Waals surface area contributed by atoms with Crippen molar-refractivity contribution in [3.63, 3.8) is 0 Å². The van der Waals surface area contributed by atoms with Crippen LogP contribution in [0.15, 0.2) is 12.4 Å². The molecule has 0 aromatic carbocycles. The van der Waals surface area contributed by atoms with Crippen molar-refractivity contribution in [1.82, 2.24) is 9.78 Å². The Bertz CT molecular complexity index is 327. The molecule has 1 saturated carbocycles. The molecule has 1 aromatic heterocycles. The maximum Gasteiger partial charge on any atom is 0.413 e. The first kappa shape index (κ1) is 9.29. The van der Waals surface area contributed by atoms with Gasteiger partial charge in [-0.1, -0.05) is 0 Å². The van der Waals surface area contributed by atoms with E-state index in [1.807, 2.05) is 22.6 Å². The minimum Gasteiger partial charge on any atom is -0.256 e. The smallest absolute Gasteiger partial charge is 0.256 e. The summed E-state index contributed by atoms with van der Waals surface area (Å²) in [4.78, 5) is 0. The lowest BCUT2D eigenvalue weighted by atomic mass is 10.3. The summed E-state index contributed by atoms with van der Waals surface area (Å²) in [5.74, 6) is 0. The Morgan fingerprint density at radius 1 is 1.46 bits per heavy atom. The third-order valence-electron chi connectivity index (χ3n) is 2.24. The highest BCUT2D eigenvalue weighted by Crippen LogP contribution is 2.54. The van der Waals surface area contributed by atoms with E-state index >= 15 is 0 Å². The molecule has 72 valence electrons. The average Bonchev–Trinajstić information content (AvgIpc) is 2.70. The van der Waals surface area contributed by atoms with Crippen LogP contribution < -0.4 is 0 Å². The monoisotopic (exact) mass is 302 g/mol. The van der Waals surface area contributed by atoms with E-state index < -0.39 is 11.7 Å². The molecule has 2 rings (SSSR count). The number of hydrogen-bond acceptors (Lipinski definition) is 1.